The van der Waals surface area contributed by atoms with Crippen molar-refractivity contribution in [3.05, 3.63) is 69.4 Å². The summed E-state index contributed by atoms with van der Waals surface area (Å²) in [5.74, 6) is -1.04. The Hall–Kier alpha value is -4.37. The van der Waals surface area contributed by atoms with Crippen LogP contribution < -0.4 is 14.8 Å². The van der Waals surface area contributed by atoms with Crippen LogP contribution in [0.15, 0.2) is 48.5 Å². The number of thiazole rings is 2. The van der Waals surface area contributed by atoms with Gasteiger partial charge in [-0.2, -0.15) is 0 Å². The van der Waals surface area contributed by atoms with Crippen LogP contribution in [0.1, 0.15) is 57.2 Å². The number of carboxylic acids is 2. The molecule has 0 spiro atoms. The van der Waals surface area contributed by atoms with Crippen molar-refractivity contribution < 1.29 is 43.5 Å². The molecule has 0 bridgehead atoms. The molecule has 0 atom stereocenters. The average molecular weight is 700 g/mol. The number of nitrogens with zero attached hydrogens (tertiary/aromatic N) is 2. The summed E-state index contributed by atoms with van der Waals surface area (Å²) < 4.78 is 21.7. The molecule has 48 heavy (non-hydrogen) atoms. The van der Waals surface area contributed by atoms with E-state index in [4.69, 9.17) is 29.2 Å². The third-order valence-electron chi connectivity index (χ3n) is 6.50. The second-order valence-electron chi connectivity index (χ2n) is 10.2. The molecular weight excluding hydrogens is 659 g/mol. The number of carbonyl (C=O) groups excluding carboxylic acids is 1. The first-order valence-electron chi connectivity index (χ1n) is 15.4. The number of carboxylic acid groups (broad SMARTS) is 2. The maximum absolute atomic E-state index is 11.7. The van der Waals surface area contributed by atoms with E-state index in [-0.39, 0.29) is 23.6 Å². The van der Waals surface area contributed by atoms with Crippen LogP contribution >= 0.6 is 22.7 Å². The van der Waals surface area contributed by atoms with E-state index < -0.39 is 11.9 Å². The van der Waals surface area contributed by atoms with Crippen molar-refractivity contribution in [1.29, 1.82) is 0 Å². The number of unbranched alkanes of at least 4 members (excludes halogenated alkanes) is 1. The van der Waals surface area contributed by atoms with Crippen LogP contribution in [0.4, 0.5) is 0 Å². The number of aryl methyl sites for hydroxylation is 2. The van der Waals surface area contributed by atoms with Crippen molar-refractivity contribution in [2.75, 3.05) is 46.2 Å². The fourth-order valence-electron chi connectivity index (χ4n) is 3.94. The van der Waals surface area contributed by atoms with Gasteiger partial charge in [-0.25, -0.2) is 19.6 Å². The van der Waals surface area contributed by atoms with Crippen LogP contribution in [0.3, 0.4) is 0 Å². The molecule has 0 aliphatic rings. The molecule has 2 aromatic carbocycles. The number of aromatic carboxylic acids is 2. The minimum Gasteiger partial charge on any atom is -0.478 e. The van der Waals surface area contributed by atoms with Gasteiger partial charge < -0.3 is 34.5 Å². The highest BCUT2D eigenvalue weighted by Gasteiger charge is 2.14. The molecule has 0 aliphatic heterocycles. The molecule has 2 heterocycles. The molecule has 0 radical (unpaired) electrons. The molecule has 3 N–H and O–H groups in total. The number of rotatable bonds is 18. The first-order valence-corrected chi connectivity index (χ1v) is 17.1. The van der Waals surface area contributed by atoms with Crippen LogP contribution in [0.2, 0.25) is 0 Å². The van der Waals surface area contributed by atoms with Crippen molar-refractivity contribution in [2.24, 2.45) is 0 Å². The van der Waals surface area contributed by atoms with Crippen LogP contribution in [0, 0.1) is 13.8 Å². The quantitative estimate of drug-likeness (QED) is 0.0989. The lowest BCUT2D eigenvalue weighted by atomic mass is 10.1. The van der Waals surface area contributed by atoms with Gasteiger partial charge >= 0.3 is 11.9 Å². The van der Waals surface area contributed by atoms with Gasteiger partial charge in [0, 0.05) is 24.3 Å². The SMILES string of the molecule is CCCCNC(=O)COc1nc(-c2ccc(C(=O)O)cc2)sc1C.CCOCCOCCOc1nc(-c2ccc(C(=O)O)cc2)sc1C. The number of aromatic nitrogens is 2. The summed E-state index contributed by atoms with van der Waals surface area (Å²) in [4.78, 5) is 44.1. The number of amides is 1. The van der Waals surface area contributed by atoms with Crippen molar-refractivity contribution in [1.82, 2.24) is 15.3 Å². The van der Waals surface area contributed by atoms with Crippen molar-refractivity contribution in [2.45, 2.75) is 40.5 Å². The summed E-state index contributed by atoms with van der Waals surface area (Å²) >= 11 is 2.95. The summed E-state index contributed by atoms with van der Waals surface area (Å²) in [6.07, 6.45) is 1.97. The number of nitrogens with one attached hydrogen (secondary N) is 1. The average Bonchev–Trinajstić information content (AvgIpc) is 3.65. The second kappa shape index (κ2) is 20.1. The van der Waals surface area contributed by atoms with Gasteiger partial charge in [0.25, 0.3) is 5.91 Å². The molecular formula is C34H41N3O9S2. The Morgan fingerprint density at radius 1 is 0.708 bits per heavy atom. The van der Waals surface area contributed by atoms with E-state index in [1.165, 1.54) is 34.8 Å². The van der Waals surface area contributed by atoms with Crippen molar-refractivity contribution >= 4 is 40.5 Å². The number of benzene rings is 2. The Bertz CT molecular complexity index is 1600. The fourth-order valence-corrected chi connectivity index (χ4v) is 5.67. The predicted octanol–water partition coefficient (Wildman–Crippen LogP) is 6.36. The molecule has 12 nitrogen and oxygen atoms in total. The monoisotopic (exact) mass is 699 g/mol. The highest BCUT2D eigenvalue weighted by atomic mass is 32.1. The normalized spacial score (nSPS) is 10.6. The Balaban J connectivity index is 0.000000260. The van der Waals surface area contributed by atoms with E-state index in [9.17, 15) is 14.4 Å². The molecule has 14 heteroatoms. The topological polar surface area (TPSA) is 166 Å². The molecule has 1 amide bonds. The van der Waals surface area contributed by atoms with Gasteiger partial charge in [-0.3, -0.25) is 4.79 Å². The van der Waals surface area contributed by atoms with Crippen LogP contribution in [-0.2, 0) is 14.3 Å². The molecule has 4 rings (SSSR count). The van der Waals surface area contributed by atoms with Gasteiger partial charge in [0.1, 0.15) is 16.6 Å². The van der Waals surface area contributed by atoms with Crippen molar-refractivity contribution in [3.63, 3.8) is 0 Å². The lowest BCUT2D eigenvalue weighted by Gasteiger charge is -2.05. The summed E-state index contributed by atoms with van der Waals surface area (Å²) in [7, 11) is 0. The van der Waals surface area contributed by atoms with E-state index in [0.29, 0.717) is 51.3 Å². The number of ether oxygens (including phenoxy) is 4. The van der Waals surface area contributed by atoms with Gasteiger partial charge in [0.05, 0.1) is 40.7 Å². The Labute approximate surface area is 287 Å². The maximum atomic E-state index is 11.7. The minimum atomic E-state index is -0.963. The molecule has 0 unspecified atom stereocenters. The minimum absolute atomic E-state index is 0.0638. The zero-order valence-corrected chi connectivity index (χ0v) is 29.1. The number of hydrogen-bond donors (Lipinski definition) is 3. The fraction of sp³-hybridized carbons (Fsp3) is 0.382. The number of hydrogen-bond acceptors (Lipinski definition) is 11. The first-order chi connectivity index (χ1) is 23.1. The van der Waals surface area contributed by atoms with E-state index in [2.05, 4.69) is 22.2 Å². The molecule has 258 valence electrons. The summed E-state index contributed by atoms with van der Waals surface area (Å²) in [5, 5.41) is 22.2. The molecule has 2 aromatic heterocycles. The van der Waals surface area contributed by atoms with Crippen LogP contribution in [0.5, 0.6) is 11.8 Å². The lowest BCUT2D eigenvalue weighted by Crippen LogP contribution is -2.29. The third kappa shape index (κ3) is 12.3. The molecule has 4 aromatic rings. The largest absolute Gasteiger partial charge is 0.478 e. The first kappa shape index (κ1) is 38.1. The highest BCUT2D eigenvalue weighted by molar-refractivity contribution is 7.15. The third-order valence-corrected chi connectivity index (χ3v) is 8.50. The Morgan fingerprint density at radius 3 is 1.67 bits per heavy atom. The van der Waals surface area contributed by atoms with Gasteiger partial charge in [-0.05, 0) is 51.5 Å². The summed E-state index contributed by atoms with van der Waals surface area (Å²) in [6, 6.07) is 13.1. The Morgan fingerprint density at radius 2 is 1.19 bits per heavy atom. The van der Waals surface area contributed by atoms with Gasteiger partial charge in [0.2, 0.25) is 11.8 Å². The highest BCUT2D eigenvalue weighted by Crippen LogP contribution is 2.33. The van der Waals surface area contributed by atoms with Gasteiger partial charge in [-0.1, -0.05) is 37.6 Å². The van der Waals surface area contributed by atoms with Crippen LogP contribution in [-0.4, -0.2) is 84.2 Å². The summed E-state index contributed by atoms with van der Waals surface area (Å²) in [5.41, 5.74) is 2.17. The number of carbonyl (C=O) groups is 3. The zero-order valence-electron chi connectivity index (χ0n) is 27.4. The summed E-state index contributed by atoms with van der Waals surface area (Å²) in [6.45, 7) is 11.1. The Kier molecular flexibility index (Phi) is 15.9. The van der Waals surface area contributed by atoms with Crippen LogP contribution in [0.25, 0.3) is 21.1 Å². The molecule has 0 aliphatic carbocycles. The van der Waals surface area contributed by atoms with Gasteiger partial charge in [0.15, 0.2) is 6.61 Å². The van der Waals surface area contributed by atoms with E-state index >= 15 is 0 Å². The maximum Gasteiger partial charge on any atom is 0.335 e. The zero-order chi connectivity index (χ0) is 34.9. The molecule has 0 saturated carbocycles. The van der Waals surface area contributed by atoms with E-state index in [1.54, 1.807) is 36.4 Å². The standard InChI is InChI=1S/C17H20N2O4S.C17H21NO5S/c1-3-4-9-18-14(20)10-23-15-11(2)24-16(19-15)12-5-7-13(8-6-12)17(21)22;1-3-21-8-9-22-10-11-23-15-12(2)24-16(18-15)13-4-6-14(7-5-13)17(19)20/h5-8H,3-4,9-10H2,1-2H3,(H,18,20)(H,21,22);4-7H,3,8-11H2,1-2H3,(H,19,20). The van der Waals surface area contributed by atoms with E-state index in [1.807, 2.05) is 20.8 Å². The lowest BCUT2D eigenvalue weighted by molar-refractivity contribution is -0.123. The second-order valence-corrected chi connectivity index (χ2v) is 12.6. The van der Waals surface area contributed by atoms with Gasteiger partial charge in [-0.15, -0.1) is 22.7 Å². The molecule has 0 fully saturated rings. The van der Waals surface area contributed by atoms with Crippen molar-refractivity contribution in [3.8, 4) is 32.9 Å². The van der Waals surface area contributed by atoms with E-state index in [0.717, 1.165) is 43.7 Å². The predicted molar refractivity (Wildman–Crippen MR) is 185 cm³/mol. The molecule has 0 saturated heterocycles. The smallest absolute Gasteiger partial charge is 0.335 e.